The summed E-state index contributed by atoms with van der Waals surface area (Å²) in [4.78, 5) is 2.31. The second kappa shape index (κ2) is 7.29. The van der Waals surface area contributed by atoms with Gasteiger partial charge in [0.2, 0.25) is 0 Å². The Morgan fingerprint density at radius 2 is 1.86 bits per heavy atom. The number of hydrogen-bond acceptors (Lipinski definition) is 4. The largest absolute Gasteiger partial charge is 0.486 e. The van der Waals surface area contributed by atoms with Crippen LogP contribution < -0.4 is 4.74 Å². The van der Waals surface area contributed by atoms with Crippen molar-refractivity contribution in [3.8, 4) is 16.9 Å². The van der Waals surface area contributed by atoms with Gasteiger partial charge in [-0.1, -0.05) is 12.1 Å². The standard InChI is InChI=1S/C23H21FN4O/c1-27-11-10-22(29-20-6-4-19(24)5-7-20)21-8-2-16(12-18(21)13-27)17-3-9-23-26-25-15-28(23)14-17/h2-9,12,14-15,22H,10-11,13H2,1H3. The molecule has 2 aromatic heterocycles. The van der Waals surface area contributed by atoms with Crippen LogP contribution in [0.2, 0.25) is 0 Å². The number of ether oxygens (including phenoxy) is 1. The predicted molar refractivity (Wildman–Crippen MR) is 109 cm³/mol. The molecule has 5 nitrogen and oxygen atoms in total. The Balaban J connectivity index is 1.50. The summed E-state index contributed by atoms with van der Waals surface area (Å²) in [6.07, 6.45) is 4.58. The third-order valence-corrected chi connectivity index (χ3v) is 5.42. The third-order valence-electron chi connectivity index (χ3n) is 5.42. The molecule has 0 spiro atoms. The van der Waals surface area contributed by atoms with Gasteiger partial charge in [-0.25, -0.2) is 4.39 Å². The smallest absolute Gasteiger partial charge is 0.160 e. The van der Waals surface area contributed by atoms with Crippen molar-refractivity contribution in [1.82, 2.24) is 19.5 Å². The van der Waals surface area contributed by atoms with E-state index in [1.807, 2.05) is 16.7 Å². The summed E-state index contributed by atoms with van der Waals surface area (Å²) in [5.41, 5.74) is 5.53. The van der Waals surface area contributed by atoms with Crippen LogP contribution in [0.3, 0.4) is 0 Å². The molecule has 0 aliphatic carbocycles. The van der Waals surface area contributed by atoms with E-state index < -0.39 is 0 Å². The molecule has 4 aromatic rings. The first-order valence-corrected chi connectivity index (χ1v) is 9.69. The molecule has 29 heavy (non-hydrogen) atoms. The van der Waals surface area contributed by atoms with Crippen molar-refractivity contribution < 1.29 is 9.13 Å². The predicted octanol–water partition coefficient (Wildman–Crippen LogP) is 4.49. The van der Waals surface area contributed by atoms with E-state index in [0.29, 0.717) is 5.75 Å². The van der Waals surface area contributed by atoms with Crippen LogP contribution in [0, 0.1) is 5.82 Å². The molecular formula is C23H21FN4O. The van der Waals surface area contributed by atoms with E-state index in [1.54, 1.807) is 18.5 Å². The van der Waals surface area contributed by atoms with Gasteiger partial charge in [0.15, 0.2) is 5.65 Å². The summed E-state index contributed by atoms with van der Waals surface area (Å²) < 4.78 is 21.4. The Hall–Kier alpha value is -3.25. The number of halogens is 1. The molecule has 0 N–H and O–H groups in total. The molecular weight excluding hydrogens is 367 g/mol. The highest BCUT2D eigenvalue weighted by atomic mass is 19.1. The average molecular weight is 388 g/mol. The van der Waals surface area contributed by atoms with E-state index in [2.05, 4.69) is 46.4 Å². The molecule has 6 heteroatoms. The molecule has 1 unspecified atom stereocenters. The maximum Gasteiger partial charge on any atom is 0.160 e. The average Bonchev–Trinajstić information content (AvgIpc) is 3.14. The van der Waals surface area contributed by atoms with E-state index in [9.17, 15) is 4.39 Å². The van der Waals surface area contributed by atoms with Crippen molar-refractivity contribution in [3.05, 3.63) is 84.1 Å². The summed E-state index contributed by atoms with van der Waals surface area (Å²) in [6, 6.07) is 16.8. The fourth-order valence-electron chi connectivity index (χ4n) is 3.90. The van der Waals surface area contributed by atoms with Gasteiger partial charge in [0, 0.05) is 25.7 Å². The van der Waals surface area contributed by atoms with Crippen LogP contribution in [0.15, 0.2) is 67.1 Å². The number of nitrogens with zero attached hydrogens (tertiary/aromatic N) is 4. The lowest BCUT2D eigenvalue weighted by Gasteiger charge is -2.20. The monoisotopic (exact) mass is 388 g/mol. The number of fused-ring (bicyclic) bond motifs is 2. The van der Waals surface area contributed by atoms with Gasteiger partial charge in [-0.05, 0) is 71.8 Å². The summed E-state index contributed by atoms with van der Waals surface area (Å²) in [6.45, 7) is 1.80. The Morgan fingerprint density at radius 3 is 2.72 bits per heavy atom. The fourth-order valence-corrected chi connectivity index (χ4v) is 3.90. The minimum atomic E-state index is -0.256. The number of benzene rings is 2. The van der Waals surface area contributed by atoms with Gasteiger partial charge >= 0.3 is 0 Å². The van der Waals surface area contributed by atoms with Crippen LogP contribution in [0.5, 0.6) is 5.75 Å². The molecule has 0 bridgehead atoms. The quantitative estimate of drug-likeness (QED) is 0.519. The zero-order valence-corrected chi connectivity index (χ0v) is 16.1. The first-order valence-electron chi connectivity index (χ1n) is 9.69. The highest BCUT2D eigenvalue weighted by Crippen LogP contribution is 2.33. The maximum absolute atomic E-state index is 13.2. The molecule has 0 amide bonds. The van der Waals surface area contributed by atoms with Crippen LogP contribution in [-0.2, 0) is 6.54 Å². The summed E-state index contributed by atoms with van der Waals surface area (Å²) in [7, 11) is 2.12. The number of hydrogen-bond donors (Lipinski definition) is 0. The molecule has 0 fully saturated rings. The van der Waals surface area contributed by atoms with Gasteiger partial charge in [0.05, 0.1) is 0 Å². The molecule has 1 aliphatic rings. The maximum atomic E-state index is 13.2. The van der Waals surface area contributed by atoms with Crippen molar-refractivity contribution in [2.45, 2.75) is 19.1 Å². The molecule has 5 rings (SSSR count). The molecule has 3 heterocycles. The van der Waals surface area contributed by atoms with Crippen molar-refractivity contribution >= 4 is 5.65 Å². The highest BCUT2D eigenvalue weighted by molar-refractivity contribution is 5.66. The van der Waals surface area contributed by atoms with Gasteiger partial charge in [-0.15, -0.1) is 10.2 Å². The Morgan fingerprint density at radius 1 is 1.03 bits per heavy atom. The van der Waals surface area contributed by atoms with E-state index in [4.69, 9.17) is 4.74 Å². The fraction of sp³-hybridized carbons (Fsp3) is 0.217. The van der Waals surface area contributed by atoms with Crippen LogP contribution in [-0.4, -0.2) is 33.1 Å². The number of rotatable bonds is 3. The molecule has 2 aromatic carbocycles. The summed E-state index contributed by atoms with van der Waals surface area (Å²) in [5.74, 6) is 0.432. The van der Waals surface area contributed by atoms with Gasteiger partial charge in [-0.3, -0.25) is 4.40 Å². The molecule has 0 saturated heterocycles. The molecule has 146 valence electrons. The molecule has 0 saturated carbocycles. The minimum absolute atomic E-state index is 0.0604. The minimum Gasteiger partial charge on any atom is -0.486 e. The second-order valence-corrected chi connectivity index (χ2v) is 7.51. The zero-order valence-electron chi connectivity index (χ0n) is 16.1. The Bertz CT molecular complexity index is 1160. The van der Waals surface area contributed by atoms with Crippen LogP contribution in [0.1, 0.15) is 23.7 Å². The highest BCUT2D eigenvalue weighted by Gasteiger charge is 2.23. The molecule has 0 radical (unpaired) electrons. The Labute approximate surface area is 168 Å². The van der Waals surface area contributed by atoms with Crippen LogP contribution in [0.25, 0.3) is 16.8 Å². The van der Waals surface area contributed by atoms with Gasteiger partial charge in [-0.2, -0.15) is 0 Å². The van der Waals surface area contributed by atoms with Gasteiger partial charge in [0.1, 0.15) is 24.0 Å². The van der Waals surface area contributed by atoms with Crippen molar-refractivity contribution in [2.24, 2.45) is 0 Å². The van der Waals surface area contributed by atoms with E-state index in [0.717, 1.165) is 36.3 Å². The van der Waals surface area contributed by atoms with E-state index in [-0.39, 0.29) is 11.9 Å². The van der Waals surface area contributed by atoms with Gasteiger partial charge < -0.3 is 9.64 Å². The Kier molecular flexibility index (Phi) is 4.48. The normalized spacial score (nSPS) is 17.1. The lowest BCUT2D eigenvalue weighted by molar-refractivity contribution is 0.182. The third kappa shape index (κ3) is 3.59. The van der Waals surface area contributed by atoms with Crippen molar-refractivity contribution in [2.75, 3.05) is 13.6 Å². The van der Waals surface area contributed by atoms with E-state index in [1.165, 1.54) is 23.3 Å². The van der Waals surface area contributed by atoms with Crippen molar-refractivity contribution in [1.29, 1.82) is 0 Å². The van der Waals surface area contributed by atoms with Crippen LogP contribution >= 0.6 is 0 Å². The lowest BCUT2D eigenvalue weighted by atomic mass is 9.96. The molecule has 1 atom stereocenters. The van der Waals surface area contributed by atoms with Crippen LogP contribution in [0.4, 0.5) is 4.39 Å². The first kappa shape index (κ1) is 17.8. The zero-order chi connectivity index (χ0) is 19.8. The molecule has 1 aliphatic heterocycles. The number of pyridine rings is 1. The first-order chi connectivity index (χ1) is 14.2. The topological polar surface area (TPSA) is 42.7 Å². The summed E-state index contributed by atoms with van der Waals surface area (Å²) in [5, 5.41) is 8.02. The van der Waals surface area contributed by atoms with Gasteiger partial charge in [0.25, 0.3) is 0 Å². The number of aromatic nitrogens is 3. The van der Waals surface area contributed by atoms with Crippen molar-refractivity contribution in [3.63, 3.8) is 0 Å². The summed E-state index contributed by atoms with van der Waals surface area (Å²) >= 11 is 0. The second-order valence-electron chi connectivity index (χ2n) is 7.51. The van der Waals surface area contributed by atoms with E-state index >= 15 is 0 Å². The SMILES string of the molecule is CN1CCC(Oc2ccc(F)cc2)c2ccc(-c3ccc4nncn4c3)cc2C1. The lowest BCUT2D eigenvalue weighted by Crippen LogP contribution is -2.18.